The van der Waals surface area contributed by atoms with Crippen LogP contribution < -0.4 is 16.0 Å². The number of furan rings is 1. The summed E-state index contributed by atoms with van der Waals surface area (Å²) >= 11 is 0. The summed E-state index contributed by atoms with van der Waals surface area (Å²) in [4.78, 5) is 16.4. The molecule has 6 nitrogen and oxygen atoms in total. The second-order valence-electron chi connectivity index (χ2n) is 6.13. The minimum absolute atomic E-state index is 0.0388. The molecule has 124 valence electrons. The lowest BCUT2D eigenvalue weighted by atomic mass is 10.0. The molecule has 2 N–H and O–H groups in total. The molecule has 0 aliphatic heterocycles. The number of pyridine rings is 2. The van der Waals surface area contributed by atoms with E-state index in [0.29, 0.717) is 40.6 Å². The molecule has 0 spiro atoms. The highest BCUT2D eigenvalue weighted by molar-refractivity contribution is 5.94. The van der Waals surface area contributed by atoms with Gasteiger partial charge in [0, 0.05) is 35.8 Å². The maximum atomic E-state index is 13.6. The summed E-state index contributed by atoms with van der Waals surface area (Å²) in [6.45, 7) is 0.582. The highest BCUT2D eigenvalue weighted by Gasteiger charge is 2.24. The van der Waals surface area contributed by atoms with Crippen molar-refractivity contribution in [1.82, 2.24) is 9.55 Å². The highest BCUT2D eigenvalue weighted by Crippen LogP contribution is 2.36. The Balaban J connectivity index is 1.91. The molecule has 0 unspecified atom stereocenters. The minimum Gasteiger partial charge on any atom is -0.477 e. The van der Waals surface area contributed by atoms with E-state index in [1.165, 1.54) is 16.8 Å². The first kappa shape index (κ1) is 14.7. The van der Waals surface area contributed by atoms with Gasteiger partial charge in [0.05, 0.1) is 18.5 Å². The third-order valence-electron chi connectivity index (χ3n) is 4.14. The normalized spacial score (nSPS) is 14.2. The van der Waals surface area contributed by atoms with Crippen LogP contribution in [0.25, 0.3) is 22.1 Å². The van der Waals surface area contributed by atoms with Crippen LogP contribution in [-0.2, 0) is 7.05 Å². The lowest BCUT2D eigenvalue weighted by molar-refractivity contribution is 0.290. The van der Waals surface area contributed by atoms with Crippen LogP contribution in [0.1, 0.15) is 12.8 Å². The molecule has 0 bridgehead atoms. The average Bonchev–Trinajstić information content (AvgIpc) is 3.30. The van der Waals surface area contributed by atoms with Gasteiger partial charge in [0.2, 0.25) is 11.5 Å². The van der Waals surface area contributed by atoms with Crippen LogP contribution in [0.2, 0.25) is 0 Å². The molecule has 7 heteroatoms. The Kier molecular flexibility index (Phi) is 3.30. The first-order chi connectivity index (χ1) is 11.5. The van der Waals surface area contributed by atoms with Gasteiger partial charge in [-0.3, -0.25) is 4.79 Å². The van der Waals surface area contributed by atoms with Gasteiger partial charge in [0.15, 0.2) is 0 Å². The van der Waals surface area contributed by atoms with Crippen molar-refractivity contribution >= 4 is 16.7 Å². The van der Waals surface area contributed by atoms with Crippen molar-refractivity contribution in [3.8, 4) is 17.0 Å². The fourth-order valence-electron chi connectivity index (χ4n) is 2.67. The summed E-state index contributed by atoms with van der Waals surface area (Å²) in [7, 11) is 1.58. The lowest BCUT2D eigenvalue weighted by Crippen LogP contribution is -2.16. The van der Waals surface area contributed by atoms with Crippen molar-refractivity contribution in [1.29, 1.82) is 0 Å². The highest BCUT2D eigenvalue weighted by atomic mass is 19.1. The quantitative estimate of drug-likeness (QED) is 0.795. The van der Waals surface area contributed by atoms with E-state index in [4.69, 9.17) is 14.9 Å². The van der Waals surface area contributed by atoms with Crippen LogP contribution in [0.5, 0.6) is 5.88 Å². The Labute approximate surface area is 136 Å². The van der Waals surface area contributed by atoms with Crippen molar-refractivity contribution in [2.75, 3.05) is 12.3 Å². The predicted molar refractivity (Wildman–Crippen MR) is 87.3 cm³/mol. The molecule has 24 heavy (non-hydrogen) atoms. The van der Waals surface area contributed by atoms with E-state index in [-0.39, 0.29) is 5.58 Å². The zero-order valence-electron chi connectivity index (χ0n) is 13.1. The number of rotatable bonds is 4. The van der Waals surface area contributed by atoms with E-state index in [0.717, 1.165) is 12.8 Å². The van der Waals surface area contributed by atoms with Crippen LogP contribution in [0.4, 0.5) is 10.1 Å². The molecule has 0 saturated heterocycles. The third kappa shape index (κ3) is 2.51. The number of fused-ring (bicyclic) bond motifs is 1. The topological polar surface area (TPSA) is 83.3 Å². The van der Waals surface area contributed by atoms with Gasteiger partial charge in [-0.1, -0.05) is 0 Å². The van der Waals surface area contributed by atoms with Crippen LogP contribution in [0.3, 0.4) is 0 Å². The molecular weight excluding hydrogens is 313 g/mol. The summed E-state index contributed by atoms with van der Waals surface area (Å²) in [5.41, 5.74) is 7.07. The molecule has 0 atom stereocenters. The van der Waals surface area contributed by atoms with E-state index in [2.05, 4.69) is 4.98 Å². The fraction of sp³-hybridized carbons (Fsp3) is 0.294. The molecule has 0 aromatic carbocycles. The van der Waals surface area contributed by atoms with Crippen molar-refractivity contribution in [3.05, 3.63) is 40.9 Å². The van der Waals surface area contributed by atoms with Crippen LogP contribution >= 0.6 is 0 Å². The van der Waals surface area contributed by atoms with Gasteiger partial charge in [0.1, 0.15) is 0 Å². The maximum Gasteiger partial charge on any atom is 0.294 e. The number of hydrogen-bond donors (Lipinski definition) is 1. The monoisotopic (exact) mass is 329 g/mol. The van der Waals surface area contributed by atoms with E-state index in [9.17, 15) is 9.18 Å². The molecule has 3 aromatic rings. The standard InChI is InChI=1S/C17H16FN3O3/c1-21-7-13(11-5-14(18)24-15(11)17(21)22)12-4-10(19)6-20-16(12)23-8-9-2-3-9/h4-7,9H,2-3,8,19H2,1H3. The largest absolute Gasteiger partial charge is 0.477 e. The Morgan fingerprint density at radius 2 is 2.21 bits per heavy atom. The van der Waals surface area contributed by atoms with Gasteiger partial charge in [0.25, 0.3) is 11.6 Å². The summed E-state index contributed by atoms with van der Waals surface area (Å²) in [5.74, 6) is 0.973. The summed E-state index contributed by atoms with van der Waals surface area (Å²) < 4.78 is 25.7. The van der Waals surface area contributed by atoms with Gasteiger partial charge >= 0.3 is 0 Å². The first-order valence-electron chi connectivity index (χ1n) is 7.70. The van der Waals surface area contributed by atoms with Gasteiger partial charge in [-0.2, -0.15) is 4.39 Å². The van der Waals surface area contributed by atoms with Crippen LogP contribution in [0.15, 0.2) is 33.7 Å². The van der Waals surface area contributed by atoms with Gasteiger partial charge in [-0.05, 0) is 24.8 Å². The average molecular weight is 329 g/mol. The zero-order chi connectivity index (χ0) is 16.8. The molecule has 0 amide bonds. The maximum absolute atomic E-state index is 13.6. The Morgan fingerprint density at radius 1 is 1.42 bits per heavy atom. The third-order valence-corrected chi connectivity index (χ3v) is 4.14. The molecule has 1 aliphatic carbocycles. The number of nitrogen functional groups attached to an aromatic ring is 1. The second-order valence-corrected chi connectivity index (χ2v) is 6.13. The van der Waals surface area contributed by atoms with Crippen LogP contribution in [0, 0.1) is 11.9 Å². The van der Waals surface area contributed by atoms with Crippen molar-refractivity contribution in [2.24, 2.45) is 13.0 Å². The molecular formula is C17H16FN3O3. The van der Waals surface area contributed by atoms with Crippen molar-refractivity contribution in [3.63, 3.8) is 0 Å². The molecule has 4 rings (SSSR count). The van der Waals surface area contributed by atoms with E-state index in [1.807, 2.05) is 0 Å². The Bertz CT molecular complexity index is 989. The number of hydrogen-bond acceptors (Lipinski definition) is 5. The fourth-order valence-corrected chi connectivity index (χ4v) is 2.67. The number of anilines is 1. The summed E-state index contributed by atoms with van der Waals surface area (Å²) in [6.07, 6.45) is 5.43. The first-order valence-corrected chi connectivity index (χ1v) is 7.70. The zero-order valence-corrected chi connectivity index (χ0v) is 13.1. The number of aromatic nitrogens is 2. The SMILES string of the molecule is Cn1cc(-c2cc(N)cnc2OCC2CC2)c2cc(F)oc2c1=O. The van der Waals surface area contributed by atoms with Crippen molar-refractivity contribution < 1.29 is 13.5 Å². The molecule has 3 heterocycles. The van der Waals surface area contributed by atoms with E-state index in [1.54, 1.807) is 19.3 Å². The van der Waals surface area contributed by atoms with E-state index >= 15 is 0 Å². The smallest absolute Gasteiger partial charge is 0.294 e. The van der Waals surface area contributed by atoms with Gasteiger partial charge in [-0.25, -0.2) is 4.98 Å². The summed E-state index contributed by atoms with van der Waals surface area (Å²) in [6, 6.07) is 2.09. The Morgan fingerprint density at radius 3 is 2.96 bits per heavy atom. The van der Waals surface area contributed by atoms with Gasteiger partial charge < -0.3 is 19.5 Å². The lowest BCUT2D eigenvalue weighted by Gasteiger charge is -2.12. The van der Waals surface area contributed by atoms with Crippen molar-refractivity contribution in [2.45, 2.75) is 12.8 Å². The second kappa shape index (κ2) is 5.36. The number of nitrogens with two attached hydrogens (primary N) is 1. The number of aryl methyl sites for hydroxylation is 1. The molecule has 1 fully saturated rings. The molecule has 1 aliphatic rings. The number of halogens is 1. The van der Waals surface area contributed by atoms with Crippen LogP contribution in [-0.4, -0.2) is 16.2 Å². The molecule has 1 saturated carbocycles. The number of ether oxygens (including phenoxy) is 1. The van der Waals surface area contributed by atoms with Gasteiger partial charge in [-0.15, -0.1) is 0 Å². The Hall–Kier alpha value is -2.83. The number of nitrogens with zero attached hydrogens (tertiary/aromatic N) is 2. The predicted octanol–water partition coefficient (Wildman–Crippen LogP) is 2.70. The van der Waals surface area contributed by atoms with E-state index < -0.39 is 11.6 Å². The summed E-state index contributed by atoms with van der Waals surface area (Å²) in [5, 5.41) is 0.374. The minimum atomic E-state index is -0.813. The molecule has 3 aromatic heterocycles. The molecule has 0 radical (unpaired) electrons.